The lowest BCUT2D eigenvalue weighted by atomic mass is 10.1. The van der Waals surface area contributed by atoms with E-state index in [2.05, 4.69) is 13.8 Å². The third-order valence-corrected chi connectivity index (χ3v) is 2.68. The Labute approximate surface area is 82.7 Å². The molecule has 0 aromatic carbocycles. The molecule has 0 bridgehead atoms. The van der Waals surface area contributed by atoms with Crippen molar-refractivity contribution in [3.8, 4) is 0 Å². The number of halogens is 1. The van der Waals surface area contributed by atoms with Gasteiger partial charge in [0.05, 0.1) is 0 Å². The second kappa shape index (κ2) is 9.38. The van der Waals surface area contributed by atoms with Crippen LogP contribution in [0.4, 0.5) is 0 Å². The Hall–Kier alpha value is 0.290. The highest BCUT2D eigenvalue weighted by Crippen LogP contribution is 2.15. The maximum absolute atomic E-state index is 6.14. The Balaban J connectivity index is 3.02. The molecule has 0 amide bonds. The Bertz CT molecular complexity index is 81.1. The van der Waals surface area contributed by atoms with E-state index < -0.39 is 0 Å². The van der Waals surface area contributed by atoms with Gasteiger partial charge in [-0.3, -0.25) is 0 Å². The summed E-state index contributed by atoms with van der Waals surface area (Å²) in [6.07, 6.45) is 10.4. The standard InChI is InChI=1S/C11H23Cl/c1-3-5-7-8-10-11(12)9-6-4-2/h11H,3-10H2,1-2H3. The SMILES string of the molecule is CCCCCCC(Cl)CCCC. The molecule has 1 heteroatoms. The molecule has 0 aromatic heterocycles. The van der Waals surface area contributed by atoms with Crippen molar-refractivity contribution in [1.29, 1.82) is 0 Å². The second-order valence-corrected chi connectivity index (χ2v) is 4.21. The van der Waals surface area contributed by atoms with Crippen LogP contribution in [-0.2, 0) is 0 Å². The summed E-state index contributed by atoms with van der Waals surface area (Å²) in [6, 6.07) is 0. The van der Waals surface area contributed by atoms with Crippen molar-refractivity contribution in [2.45, 2.75) is 70.6 Å². The minimum atomic E-state index is 0.446. The van der Waals surface area contributed by atoms with Gasteiger partial charge in [0.2, 0.25) is 0 Å². The quantitative estimate of drug-likeness (QED) is 0.383. The summed E-state index contributed by atoms with van der Waals surface area (Å²) in [5, 5.41) is 0.446. The van der Waals surface area contributed by atoms with Gasteiger partial charge in [-0.1, -0.05) is 52.4 Å². The molecule has 0 heterocycles. The number of hydrogen-bond acceptors (Lipinski definition) is 0. The lowest BCUT2D eigenvalue weighted by Gasteiger charge is -2.07. The molecule has 1 unspecified atom stereocenters. The van der Waals surface area contributed by atoms with Gasteiger partial charge in [-0.05, 0) is 12.8 Å². The van der Waals surface area contributed by atoms with E-state index in [-0.39, 0.29) is 0 Å². The van der Waals surface area contributed by atoms with Gasteiger partial charge in [-0.2, -0.15) is 0 Å². The molecule has 0 aliphatic heterocycles. The van der Waals surface area contributed by atoms with E-state index in [4.69, 9.17) is 11.6 Å². The largest absolute Gasteiger partial charge is 0.123 e. The molecule has 12 heavy (non-hydrogen) atoms. The fraction of sp³-hybridized carbons (Fsp3) is 1.00. The van der Waals surface area contributed by atoms with Gasteiger partial charge in [-0.25, -0.2) is 0 Å². The van der Waals surface area contributed by atoms with E-state index >= 15 is 0 Å². The highest BCUT2D eigenvalue weighted by Gasteiger charge is 2.02. The van der Waals surface area contributed by atoms with E-state index in [9.17, 15) is 0 Å². The molecule has 0 aliphatic rings. The van der Waals surface area contributed by atoms with Crippen molar-refractivity contribution >= 4 is 11.6 Å². The van der Waals surface area contributed by atoms with Crippen molar-refractivity contribution < 1.29 is 0 Å². The number of alkyl halides is 1. The number of hydrogen-bond donors (Lipinski definition) is 0. The normalized spacial score (nSPS) is 13.2. The Morgan fingerprint density at radius 3 is 2.00 bits per heavy atom. The summed E-state index contributed by atoms with van der Waals surface area (Å²) >= 11 is 6.14. The maximum atomic E-state index is 6.14. The van der Waals surface area contributed by atoms with Crippen LogP contribution in [0, 0.1) is 0 Å². The molecular weight excluding hydrogens is 168 g/mol. The predicted molar refractivity (Wildman–Crippen MR) is 57.9 cm³/mol. The summed E-state index contributed by atoms with van der Waals surface area (Å²) in [5.74, 6) is 0. The number of rotatable bonds is 8. The Morgan fingerprint density at radius 1 is 0.833 bits per heavy atom. The summed E-state index contributed by atoms with van der Waals surface area (Å²) in [6.45, 7) is 4.47. The first-order chi connectivity index (χ1) is 5.81. The highest BCUT2D eigenvalue weighted by molar-refractivity contribution is 6.20. The highest BCUT2D eigenvalue weighted by atomic mass is 35.5. The van der Waals surface area contributed by atoms with Crippen LogP contribution in [-0.4, -0.2) is 5.38 Å². The van der Waals surface area contributed by atoms with Crippen molar-refractivity contribution in [3.05, 3.63) is 0 Å². The zero-order valence-electron chi connectivity index (χ0n) is 8.61. The first-order valence-electron chi connectivity index (χ1n) is 5.45. The van der Waals surface area contributed by atoms with E-state index in [0.29, 0.717) is 5.38 Å². The molecule has 0 saturated heterocycles. The molecule has 0 N–H and O–H groups in total. The van der Waals surface area contributed by atoms with Crippen LogP contribution < -0.4 is 0 Å². The van der Waals surface area contributed by atoms with Gasteiger partial charge in [-0.15, -0.1) is 11.6 Å². The zero-order valence-corrected chi connectivity index (χ0v) is 9.37. The fourth-order valence-corrected chi connectivity index (χ4v) is 1.67. The van der Waals surface area contributed by atoms with Crippen LogP contribution in [0.3, 0.4) is 0 Å². The van der Waals surface area contributed by atoms with E-state index in [1.807, 2.05) is 0 Å². The molecule has 0 nitrogen and oxygen atoms in total. The molecule has 0 spiro atoms. The van der Waals surface area contributed by atoms with Crippen LogP contribution in [0.2, 0.25) is 0 Å². The molecule has 0 aliphatic carbocycles. The average Bonchev–Trinajstić information content (AvgIpc) is 2.09. The molecule has 1 atom stereocenters. The summed E-state index contributed by atoms with van der Waals surface area (Å²) in [4.78, 5) is 0. The maximum Gasteiger partial charge on any atom is 0.0336 e. The van der Waals surface area contributed by atoms with Gasteiger partial charge < -0.3 is 0 Å². The first-order valence-corrected chi connectivity index (χ1v) is 5.89. The van der Waals surface area contributed by atoms with Crippen LogP contribution in [0.5, 0.6) is 0 Å². The summed E-state index contributed by atoms with van der Waals surface area (Å²) in [7, 11) is 0. The lowest BCUT2D eigenvalue weighted by Crippen LogP contribution is -1.97. The molecule has 0 aromatic rings. The van der Waals surface area contributed by atoms with Crippen LogP contribution >= 0.6 is 11.6 Å². The molecule has 74 valence electrons. The molecule has 0 rings (SSSR count). The molecule has 0 saturated carbocycles. The van der Waals surface area contributed by atoms with E-state index in [1.54, 1.807) is 0 Å². The minimum Gasteiger partial charge on any atom is -0.123 e. The minimum absolute atomic E-state index is 0.446. The van der Waals surface area contributed by atoms with Crippen molar-refractivity contribution in [1.82, 2.24) is 0 Å². The van der Waals surface area contributed by atoms with Crippen molar-refractivity contribution in [3.63, 3.8) is 0 Å². The van der Waals surface area contributed by atoms with Crippen LogP contribution in [0.1, 0.15) is 65.2 Å². The molecule has 0 radical (unpaired) electrons. The molecular formula is C11H23Cl. The van der Waals surface area contributed by atoms with E-state index in [0.717, 1.165) is 0 Å². The third-order valence-electron chi connectivity index (χ3n) is 2.24. The Kier molecular flexibility index (Phi) is 9.61. The molecule has 0 fully saturated rings. The van der Waals surface area contributed by atoms with Crippen molar-refractivity contribution in [2.24, 2.45) is 0 Å². The van der Waals surface area contributed by atoms with Crippen LogP contribution in [0.15, 0.2) is 0 Å². The Morgan fingerprint density at radius 2 is 1.42 bits per heavy atom. The second-order valence-electron chi connectivity index (χ2n) is 3.59. The summed E-state index contributed by atoms with van der Waals surface area (Å²) < 4.78 is 0. The predicted octanol–water partition coefficient (Wildman–Crippen LogP) is 4.75. The first kappa shape index (κ1) is 12.3. The smallest absolute Gasteiger partial charge is 0.0336 e. The van der Waals surface area contributed by atoms with Crippen molar-refractivity contribution in [2.75, 3.05) is 0 Å². The van der Waals surface area contributed by atoms with Gasteiger partial charge in [0.1, 0.15) is 0 Å². The fourth-order valence-electron chi connectivity index (χ4n) is 1.36. The van der Waals surface area contributed by atoms with Gasteiger partial charge >= 0.3 is 0 Å². The van der Waals surface area contributed by atoms with Gasteiger partial charge in [0.25, 0.3) is 0 Å². The topological polar surface area (TPSA) is 0 Å². The summed E-state index contributed by atoms with van der Waals surface area (Å²) in [5.41, 5.74) is 0. The van der Waals surface area contributed by atoms with E-state index in [1.165, 1.54) is 51.4 Å². The average molecular weight is 191 g/mol. The zero-order chi connectivity index (χ0) is 9.23. The van der Waals surface area contributed by atoms with Gasteiger partial charge in [0, 0.05) is 5.38 Å². The lowest BCUT2D eigenvalue weighted by molar-refractivity contribution is 0.578. The van der Waals surface area contributed by atoms with Gasteiger partial charge in [0.15, 0.2) is 0 Å². The third kappa shape index (κ3) is 8.39. The van der Waals surface area contributed by atoms with Crippen LogP contribution in [0.25, 0.3) is 0 Å². The number of unbranched alkanes of at least 4 members (excludes halogenated alkanes) is 4. The monoisotopic (exact) mass is 190 g/mol.